The van der Waals surface area contributed by atoms with Gasteiger partial charge in [-0.05, 0) is 131 Å². The summed E-state index contributed by atoms with van der Waals surface area (Å²) in [6.07, 6.45) is 29.5. The third-order valence-corrected chi connectivity index (χ3v) is 17.3. The largest absolute Gasteiger partial charge is 0.476 e. The minimum atomic E-state index is -1.11. The first kappa shape index (κ1) is 51.9. The molecule has 70 heavy (non-hydrogen) atoms. The highest BCUT2D eigenvalue weighted by Crippen LogP contribution is 2.72. The van der Waals surface area contributed by atoms with Crippen molar-refractivity contribution in [3.8, 4) is 11.1 Å². The fraction of sp³-hybridized carbons (Fsp3) is 0.649. The predicted octanol–water partition coefficient (Wildman–Crippen LogP) is 13.7. The highest BCUT2D eigenvalue weighted by Gasteiger charge is 2.66. The molecule has 2 atom stereocenters. The van der Waals surface area contributed by atoms with E-state index in [2.05, 4.69) is 54.3 Å². The summed E-state index contributed by atoms with van der Waals surface area (Å²) >= 11 is 1.47. The van der Waals surface area contributed by atoms with Gasteiger partial charge in [-0.3, -0.25) is 10.1 Å². The quantitative estimate of drug-likeness (QED) is 0.0316. The summed E-state index contributed by atoms with van der Waals surface area (Å²) in [6.45, 7) is 15.4. The van der Waals surface area contributed by atoms with Crippen LogP contribution in [-0.4, -0.2) is 86.3 Å². The molecule has 4 aromatic rings. The summed E-state index contributed by atoms with van der Waals surface area (Å²) in [6, 6.07) is 11.6. The summed E-state index contributed by atoms with van der Waals surface area (Å²) < 4.78 is 10.3. The smallest absolute Gasteiger partial charge is 0.355 e. The molecule has 4 aliphatic carbocycles. The lowest BCUT2D eigenvalue weighted by Gasteiger charge is -2.69. The van der Waals surface area contributed by atoms with Gasteiger partial charge < -0.3 is 25.4 Å². The first-order valence-corrected chi connectivity index (χ1v) is 27.8. The van der Waals surface area contributed by atoms with Gasteiger partial charge in [0.1, 0.15) is 17.5 Å². The van der Waals surface area contributed by atoms with Gasteiger partial charge in [-0.25, -0.2) is 19.8 Å². The number of hydrogen-bond donors (Lipinski definition) is 3. The summed E-state index contributed by atoms with van der Waals surface area (Å²) in [5.41, 5.74) is 11.4. The van der Waals surface area contributed by atoms with Crippen LogP contribution in [0.3, 0.4) is 0 Å². The molecule has 4 N–H and O–H groups in total. The number of carboxylic acids is 1. The van der Waals surface area contributed by atoms with Crippen molar-refractivity contribution < 1.29 is 14.6 Å². The average Bonchev–Trinajstić information content (AvgIpc) is 3.88. The number of hydrogen-bond acceptors (Lipinski definition) is 9. The molecule has 3 aromatic heterocycles. The van der Waals surface area contributed by atoms with Crippen molar-refractivity contribution in [2.45, 2.75) is 188 Å². The minimum absolute atomic E-state index is 0.0463. The topological polar surface area (TPSA) is 159 Å². The van der Waals surface area contributed by atoms with Gasteiger partial charge in [-0.1, -0.05) is 128 Å². The van der Waals surface area contributed by atoms with Crippen LogP contribution in [0.4, 0.5) is 10.9 Å². The van der Waals surface area contributed by atoms with Crippen molar-refractivity contribution in [3.05, 3.63) is 65.1 Å². The first-order chi connectivity index (χ1) is 33.6. The Morgan fingerprint density at radius 3 is 2.19 bits per heavy atom. The zero-order valence-electron chi connectivity index (χ0n) is 43.5. The zero-order valence-corrected chi connectivity index (χ0v) is 44.3. The Morgan fingerprint density at radius 2 is 1.53 bits per heavy atom. The molecule has 5 fully saturated rings. The maximum Gasteiger partial charge on any atom is 0.355 e. The second-order valence-corrected chi connectivity index (χ2v) is 24.0. The Balaban J connectivity index is 0.867. The van der Waals surface area contributed by atoms with E-state index >= 15 is 0 Å². The number of nitrogens with two attached hydrogens (primary N) is 1. The zero-order chi connectivity index (χ0) is 49.5. The molecule has 12 nitrogen and oxygen atoms in total. The van der Waals surface area contributed by atoms with Crippen LogP contribution < -0.4 is 10.6 Å². The molecule has 0 amide bonds. The lowest BCUT2D eigenvalue weighted by molar-refractivity contribution is -0.248. The van der Waals surface area contributed by atoms with Gasteiger partial charge in [-0.2, -0.15) is 5.10 Å². The number of pyridine rings is 1. The number of unbranched alkanes of at least 4 members (excludes halogenated alkanes) is 13. The molecule has 0 spiro atoms. The average molecular weight is 974 g/mol. The standard InChI is InChI=1S/C57H83N9O3S/c1-7-8-9-10-11-12-13-14-15-16-17-18-19-22-29-64(6)31-32-69-57-37-54(4)34-55(5,38-57)36-56(35-54,39-57)40-66-42(3)45(33-60-66)44-27-28-48(62-49(44)52(67)68)65-30-23-24-43(51(65)59)41(2)50(58)63-53-61-46-25-20-21-26-47(46)70-53/h20-21,25-28,33,59H,7-19,22-24,29-32,34-40H2,1-6H3,(H,67,68)(H2,58,61,63)/b43-41-,59-51?. The monoisotopic (exact) mass is 974 g/mol. The number of likely N-dealkylation sites (N-methyl/N-ethyl adjacent to an activating group) is 1. The number of rotatable bonds is 26. The summed E-state index contributed by atoms with van der Waals surface area (Å²) in [5, 5.41) is 25.4. The number of amidine groups is 2. The lowest BCUT2D eigenvalue weighted by Crippen LogP contribution is -2.64. The van der Waals surface area contributed by atoms with E-state index in [4.69, 9.17) is 20.6 Å². The number of anilines is 1. The van der Waals surface area contributed by atoms with Crippen molar-refractivity contribution in [2.75, 3.05) is 38.2 Å². The van der Waals surface area contributed by atoms with E-state index in [1.54, 1.807) is 4.90 Å². The maximum absolute atomic E-state index is 13.0. The number of nitrogens with zero attached hydrogens (tertiary/aromatic N) is 7. The van der Waals surface area contributed by atoms with Crippen LogP contribution in [0.5, 0.6) is 0 Å². The van der Waals surface area contributed by atoms with E-state index in [-0.39, 0.29) is 33.4 Å². The lowest BCUT2D eigenvalue weighted by atomic mass is 9.39. The molecule has 13 heteroatoms. The van der Waals surface area contributed by atoms with Gasteiger partial charge in [0.05, 0.1) is 28.6 Å². The Bertz CT molecular complexity index is 2470. The van der Waals surface area contributed by atoms with Crippen molar-refractivity contribution in [3.63, 3.8) is 0 Å². The number of ether oxygens (including phenoxy) is 1. The highest BCUT2D eigenvalue weighted by atomic mass is 32.1. The molecule has 0 radical (unpaired) electrons. The first-order valence-electron chi connectivity index (χ1n) is 27.0. The van der Waals surface area contributed by atoms with E-state index in [0.717, 1.165) is 91.8 Å². The molecular formula is C57H83N9O3S. The van der Waals surface area contributed by atoms with Crippen molar-refractivity contribution >= 4 is 50.1 Å². The second kappa shape index (κ2) is 22.5. The number of para-hydroxylation sites is 1. The molecule has 4 bridgehead atoms. The highest BCUT2D eigenvalue weighted by molar-refractivity contribution is 7.22. The Morgan fingerprint density at radius 1 is 0.871 bits per heavy atom. The summed E-state index contributed by atoms with van der Waals surface area (Å²) in [7, 11) is 2.26. The number of fused-ring (bicyclic) bond motifs is 1. The number of aromatic carboxylic acids is 1. The number of nitrogens with one attached hydrogen (secondary N) is 1. The van der Waals surface area contributed by atoms with Crippen LogP contribution in [0.2, 0.25) is 0 Å². The van der Waals surface area contributed by atoms with E-state index in [1.165, 1.54) is 108 Å². The predicted molar refractivity (Wildman–Crippen MR) is 288 cm³/mol. The molecule has 4 heterocycles. The number of carbonyl (C=O) groups is 1. The number of benzene rings is 1. The molecule has 380 valence electrons. The normalized spacial score (nSPS) is 25.2. The number of piperidine rings is 1. The molecule has 1 aromatic carbocycles. The van der Waals surface area contributed by atoms with E-state index in [1.807, 2.05) is 49.5 Å². The van der Waals surface area contributed by atoms with Crippen molar-refractivity contribution in [1.82, 2.24) is 24.6 Å². The fourth-order valence-electron chi connectivity index (χ4n) is 14.1. The Labute approximate surface area is 422 Å². The second-order valence-electron chi connectivity index (χ2n) is 23.0. The van der Waals surface area contributed by atoms with E-state index in [0.29, 0.717) is 40.9 Å². The maximum atomic E-state index is 13.0. The molecule has 1 aliphatic heterocycles. The molecule has 1 saturated heterocycles. The van der Waals surface area contributed by atoms with Crippen LogP contribution in [-0.2, 0) is 11.3 Å². The van der Waals surface area contributed by atoms with Crippen molar-refractivity contribution in [2.24, 2.45) is 27.0 Å². The minimum Gasteiger partial charge on any atom is -0.476 e. The molecule has 4 saturated carbocycles. The van der Waals surface area contributed by atoms with E-state index in [9.17, 15) is 15.3 Å². The van der Waals surface area contributed by atoms with Crippen molar-refractivity contribution in [1.29, 1.82) is 5.41 Å². The molecule has 2 unspecified atom stereocenters. The van der Waals surface area contributed by atoms with Gasteiger partial charge in [-0.15, -0.1) is 0 Å². The molecule has 9 rings (SSSR count). The van der Waals surface area contributed by atoms with Gasteiger partial charge in [0.15, 0.2) is 5.69 Å². The van der Waals surface area contributed by atoms with Crippen LogP contribution in [0.15, 0.2) is 58.7 Å². The van der Waals surface area contributed by atoms with Crippen LogP contribution >= 0.6 is 11.3 Å². The van der Waals surface area contributed by atoms with Gasteiger partial charge in [0, 0.05) is 42.0 Å². The molecule has 5 aliphatic rings. The molecular weight excluding hydrogens is 891 g/mol. The summed E-state index contributed by atoms with van der Waals surface area (Å²) in [4.78, 5) is 31.2. The number of aromatic nitrogens is 4. The Kier molecular flexibility index (Phi) is 16.7. The van der Waals surface area contributed by atoms with Crippen LogP contribution in [0, 0.1) is 28.6 Å². The number of aliphatic imine (C=N–C) groups is 1. The fourth-order valence-corrected chi connectivity index (χ4v) is 14.9. The number of thiazole rings is 1. The van der Waals surface area contributed by atoms with Gasteiger partial charge >= 0.3 is 5.97 Å². The van der Waals surface area contributed by atoms with Gasteiger partial charge in [0.25, 0.3) is 0 Å². The van der Waals surface area contributed by atoms with Crippen LogP contribution in [0.25, 0.3) is 21.3 Å². The summed E-state index contributed by atoms with van der Waals surface area (Å²) in [5.74, 6) is -0.128. The third-order valence-electron chi connectivity index (χ3n) is 16.4. The third kappa shape index (κ3) is 12.2. The Hall–Kier alpha value is -4.46. The van der Waals surface area contributed by atoms with Gasteiger partial charge in [0.2, 0.25) is 5.13 Å². The van der Waals surface area contributed by atoms with Crippen LogP contribution in [0.1, 0.15) is 185 Å². The number of carboxylic acid groups (broad SMARTS) is 1. The SMILES string of the molecule is CCCCCCCCCCCCCCCCN(C)CCOC12CC3(C)CC(C)(CC(Cn4ncc(-c5ccc(N6CCC/C(=C(C)/C(N)=N/c7nc8ccccc8s7)C6=N)nc5C(=O)O)c4C)(C3)C1)C2. The van der Waals surface area contributed by atoms with E-state index < -0.39 is 5.97 Å².